The Hall–Kier alpha value is -1.66. The van der Waals surface area contributed by atoms with Gasteiger partial charge in [0.15, 0.2) is 5.76 Å². The number of nitrogens with zero attached hydrogens (tertiary/aromatic N) is 3. The minimum Gasteiger partial charge on any atom is -0.456 e. The molecule has 2 aromatic rings. The fourth-order valence-electron chi connectivity index (χ4n) is 4.37. The summed E-state index contributed by atoms with van der Waals surface area (Å²) in [7, 11) is 2.21. The maximum atomic E-state index is 12.8. The Morgan fingerprint density at radius 3 is 2.85 bits per heavy atom. The van der Waals surface area contributed by atoms with E-state index in [9.17, 15) is 4.79 Å². The number of hydrogen-bond acceptors (Lipinski definition) is 5. The Balaban J connectivity index is 1.34. The lowest BCUT2D eigenvalue weighted by molar-refractivity contribution is 0.0623. The van der Waals surface area contributed by atoms with Crippen molar-refractivity contribution >= 4 is 17.2 Å². The third-order valence-corrected chi connectivity index (χ3v) is 6.87. The number of amides is 1. The first-order valence-corrected chi connectivity index (χ1v) is 10.4. The molecule has 0 bridgehead atoms. The van der Waals surface area contributed by atoms with Gasteiger partial charge in [-0.15, -0.1) is 11.3 Å². The van der Waals surface area contributed by atoms with E-state index in [4.69, 9.17) is 4.42 Å². The fraction of sp³-hybridized carbons (Fsp3) is 0.600. The molecule has 1 saturated carbocycles. The Morgan fingerprint density at radius 1 is 1.46 bits per heavy atom. The van der Waals surface area contributed by atoms with Gasteiger partial charge in [-0.2, -0.15) is 0 Å². The van der Waals surface area contributed by atoms with Crippen molar-refractivity contribution in [3.63, 3.8) is 0 Å². The molecule has 0 aromatic carbocycles. The molecular weight excluding hydrogens is 346 g/mol. The summed E-state index contributed by atoms with van der Waals surface area (Å²) >= 11 is 1.72. The molecule has 2 fully saturated rings. The van der Waals surface area contributed by atoms with Crippen LogP contribution in [-0.2, 0) is 13.0 Å². The molecule has 0 N–H and O–H groups in total. The summed E-state index contributed by atoms with van der Waals surface area (Å²) < 4.78 is 5.76. The number of piperidine rings is 1. The van der Waals surface area contributed by atoms with Crippen LogP contribution >= 0.6 is 11.3 Å². The van der Waals surface area contributed by atoms with Crippen molar-refractivity contribution in [2.24, 2.45) is 5.41 Å². The second kappa shape index (κ2) is 6.82. The predicted octanol–water partition coefficient (Wildman–Crippen LogP) is 3.73. The monoisotopic (exact) mass is 373 g/mol. The van der Waals surface area contributed by atoms with Crippen molar-refractivity contribution in [3.8, 4) is 0 Å². The number of aryl methyl sites for hydroxylation is 2. The van der Waals surface area contributed by atoms with Crippen LogP contribution in [-0.4, -0.2) is 46.9 Å². The highest BCUT2D eigenvalue weighted by Gasteiger charge is 2.57. The van der Waals surface area contributed by atoms with Gasteiger partial charge in [0, 0.05) is 42.7 Å². The molecule has 2 aromatic heterocycles. The summed E-state index contributed by atoms with van der Waals surface area (Å²) in [4.78, 5) is 21.6. The van der Waals surface area contributed by atoms with E-state index in [0.29, 0.717) is 17.2 Å². The van der Waals surface area contributed by atoms with Crippen LogP contribution in [0.4, 0.5) is 0 Å². The maximum absolute atomic E-state index is 12.8. The fourth-order valence-corrected chi connectivity index (χ4v) is 5.05. The number of likely N-dealkylation sites (tertiary alicyclic amines) is 1. The second-order valence-corrected chi connectivity index (χ2v) is 8.77. The number of hydrogen-bond donors (Lipinski definition) is 0. The zero-order chi connectivity index (χ0) is 18.3. The predicted molar refractivity (Wildman–Crippen MR) is 102 cm³/mol. The summed E-state index contributed by atoms with van der Waals surface area (Å²) in [6.45, 7) is 6.61. The average Bonchev–Trinajstić information content (AvgIpc) is 2.99. The van der Waals surface area contributed by atoms with Gasteiger partial charge in [-0.05, 0) is 44.7 Å². The van der Waals surface area contributed by atoms with E-state index in [0.717, 1.165) is 50.2 Å². The van der Waals surface area contributed by atoms with E-state index >= 15 is 0 Å². The minimum atomic E-state index is 0.0605. The number of carbonyl (C=O) groups excluding carboxylic acids is 1. The topological polar surface area (TPSA) is 49.6 Å². The SMILES string of the molecule is CCc1cc(C)c(C(=O)N2CCC3(CC2)C[C@H]3N(C)Cc2nccs2)o1. The van der Waals surface area contributed by atoms with Crippen molar-refractivity contribution in [2.75, 3.05) is 20.1 Å². The van der Waals surface area contributed by atoms with Crippen LogP contribution in [0, 0.1) is 12.3 Å². The number of thiazole rings is 1. The second-order valence-electron chi connectivity index (χ2n) is 7.79. The lowest BCUT2D eigenvalue weighted by atomic mass is 9.92. The number of furan rings is 1. The van der Waals surface area contributed by atoms with Gasteiger partial charge in [-0.3, -0.25) is 9.69 Å². The summed E-state index contributed by atoms with van der Waals surface area (Å²) in [6, 6.07) is 2.61. The summed E-state index contributed by atoms with van der Waals surface area (Å²) in [5.41, 5.74) is 1.36. The quantitative estimate of drug-likeness (QED) is 0.801. The molecule has 0 radical (unpaired) electrons. The molecule has 0 unspecified atom stereocenters. The molecule has 4 rings (SSSR count). The van der Waals surface area contributed by atoms with Gasteiger partial charge in [0.25, 0.3) is 5.91 Å². The summed E-state index contributed by atoms with van der Waals surface area (Å²) in [6.07, 6.45) is 6.13. The van der Waals surface area contributed by atoms with Gasteiger partial charge < -0.3 is 9.32 Å². The van der Waals surface area contributed by atoms with E-state index in [1.807, 2.05) is 36.4 Å². The van der Waals surface area contributed by atoms with Crippen molar-refractivity contribution in [2.45, 2.75) is 52.1 Å². The molecule has 1 spiro atoms. The van der Waals surface area contributed by atoms with Crippen LogP contribution in [0.25, 0.3) is 0 Å². The van der Waals surface area contributed by atoms with Crippen molar-refractivity contribution in [1.82, 2.24) is 14.8 Å². The van der Waals surface area contributed by atoms with Crippen LogP contribution in [0.3, 0.4) is 0 Å². The third kappa shape index (κ3) is 3.21. The lowest BCUT2D eigenvalue weighted by Crippen LogP contribution is -2.41. The molecule has 1 atom stereocenters. The van der Waals surface area contributed by atoms with Gasteiger partial charge in [0.05, 0.1) is 6.54 Å². The van der Waals surface area contributed by atoms with E-state index in [2.05, 4.69) is 16.9 Å². The largest absolute Gasteiger partial charge is 0.456 e. The number of carbonyl (C=O) groups is 1. The zero-order valence-corrected chi connectivity index (χ0v) is 16.6. The van der Waals surface area contributed by atoms with Gasteiger partial charge in [-0.1, -0.05) is 6.92 Å². The lowest BCUT2D eigenvalue weighted by Gasteiger charge is -2.33. The highest BCUT2D eigenvalue weighted by Crippen LogP contribution is 2.56. The summed E-state index contributed by atoms with van der Waals surface area (Å²) in [5, 5.41) is 3.22. The molecule has 140 valence electrons. The highest BCUT2D eigenvalue weighted by atomic mass is 32.1. The average molecular weight is 374 g/mol. The van der Waals surface area contributed by atoms with Crippen LogP contribution in [0.1, 0.15) is 53.1 Å². The van der Waals surface area contributed by atoms with Crippen molar-refractivity contribution in [1.29, 1.82) is 0 Å². The Morgan fingerprint density at radius 2 is 2.23 bits per heavy atom. The molecule has 5 nitrogen and oxygen atoms in total. The first-order valence-electron chi connectivity index (χ1n) is 9.49. The highest BCUT2D eigenvalue weighted by molar-refractivity contribution is 7.09. The molecule has 1 aliphatic carbocycles. The van der Waals surface area contributed by atoms with Crippen LogP contribution < -0.4 is 0 Å². The molecule has 1 aliphatic heterocycles. The van der Waals surface area contributed by atoms with Crippen molar-refractivity contribution < 1.29 is 9.21 Å². The van der Waals surface area contributed by atoms with Crippen LogP contribution in [0.5, 0.6) is 0 Å². The van der Waals surface area contributed by atoms with E-state index in [1.54, 1.807) is 11.3 Å². The summed E-state index contributed by atoms with van der Waals surface area (Å²) in [5.74, 6) is 1.49. The third-order valence-electron chi connectivity index (χ3n) is 6.10. The molecule has 2 aliphatic rings. The molecule has 1 saturated heterocycles. The van der Waals surface area contributed by atoms with E-state index in [-0.39, 0.29) is 5.91 Å². The normalized spacial score (nSPS) is 21.5. The Bertz CT molecular complexity index is 775. The first-order chi connectivity index (χ1) is 12.5. The van der Waals surface area contributed by atoms with Crippen LogP contribution in [0.2, 0.25) is 0 Å². The maximum Gasteiger partial charge on any atom is 0.289 e. The van der Waals surface area contributed by atoms with E-state index in [1.165, 1.54) is 11.4 Å². The number of aromatic nitrogens is 1. The molecule has 3 heterocycles. The van der Waals surface area contributed by atoms with Gasteiger partial charge in [0.2, 0.25) is 0 Å². The van der Waals surface area contributed by atoms with Crippen LogP contribution in [0.15, 0.2) is 22.1 Å². The zero-order valence-electron chi connectivity index (χ0n) is 15.8. The van der Waals surface area contributed by atoms with Gasteiger partial charge in [0.1, 0.15) is 10.8 Å². The van der Waals surface area contributed by atoms with Crippen molar-refractivity contribution in [3.05, 3.63) is 39.7 Å². The molecule has 6 heteroatoms. The standard InChI is InChI=1S/C20H27N3O2S/c1-4-15-11-14(2)18(25-15)19(24)23-8-5-20(6-9-23)12-16(20)22(3)13-17-21-7-10-26-17/h7,10-11,16H,4-6,8-9,12-13H2,1-3H3/t16-/m1/s1. The molecule has 26 heavy (non-hydrogen) atoms. The number of rotatable bonds is 5. The van der Waals surface area contributed by atoms with Gasteiger partial charge >= 0.3 is 0 Å². The molecular formula is C20H27N3O2S. The Labute approximate surface area is 159 Å². The molecule has 1 amide bonds. The van der Waals surface area contributed by atoms with Gasteiger partial charge in [-0.25, -0.2) is 4.98 Å². The minimum absolute atomic E-state index is 0.0605. The smallest absolute Gasteiger partial charge is 0.289 e. The Kier molecular flexibility index (Phi) is 4.65. The van der Waals surface area contributed by atoms with E-state index < -0.39 is 0 Å². The first kappa shape index (κ1) is 17.7.